The van der Waals surface area contributed by atoms with Gasteiger partial charge in [0.25, 0.3) is 0 Å². The van der Waals surface area contributed by atoms with Crippen molar-refractivity contribution in [2.75, 3.05) is 6.61 Å². The van der Waals surface area contributed by atoms with Crippen molar-refractivity contribution in [2.45, 2.75) is 38.6 Å². The van der Waals surface area contributed by atoms with Gasteiger partial charge in [-0.15, -0.1) is 0 Å². The molecule has 0 spiro atoms. The van der Waals surface area contributed by atoms with Crippen LogP contribution in [0, 0.1) is 0 Å². The molecule has 2 nitrogen and oxygen atoms in total. The lowest BCUT2D eigenvalue weighted by Crippen LogP contribution is -2.15. The van der Waals surface area contributed by atoms with Crippen molar-refractivity contribution >= 4 is 0 Å². The molecule has 0 bridgehead atoms. The number of rotatable bonds is 5. The van der Waals surface area contributed by atoms with E-state index in [1.54, 1.807) is 0 Å². The van der Waals surface area contributed by atoms with Crippen molar-refractivity contribution in [2.24, 2.45) is 5.73 Å². The first-order chi connectivity index (χ1) is 9.97. The molecule has 2 rings (SSSR count). The molecular weight excluding hydrogens is 258 g/mol. The van der Waals surface area contributed by atoms with Gasteiger partial charge < -0.3 is 10.5 Å². The monoisotopic (exact) mass is 283 g/mol. The van der Waals surface area contributed by atoms with Gasteiger partial charge in [-0.2, -0.15) is 0 Å². The quantitative estimate of drug-likeness (QED) is 0.879. The first kappa shape index (κ1) is 15.6. The lowest BCUT2D eigenvalue weighted by Gasteiger charge is -2.20. The summed E-state index contributed by atoms with van der Waals surface area (Å²) in [5.74, 6) is 0.896. The molecule has 1 atom stereocenters. The third kappa shape index (κ3) is 4.61. The second-order valence-corrected chi connectivity index (χ2v) is 6.43. The Hall–Kier alpha value is -1.80. The molecule has 0 aliphatic carbocycles. The molecule has 1 unspecified atom stereocenters. The van der Waals surface area contributed by atoms with Crippen LogP contribution in [0.1, 0.15) is 44.4 Å². The van der Waals surface area contributed by atoms with Crippen molar-refractivity contribution in [3.8, 4) is 5.75 Å². The van der Waals surface area contributed by atoms with E-state index in [1.165, 1.54) is 11.1 Å². The normalized spacial score (nSPS) is 13.0. The Morgan fingerprint density at radius 3 is 2.14 bits per heavy atom. The summed E-state index contributed by atoms with van der Waals surface area (Å²) in [7, 11) is 0. The van der Waals surface area contributed by atoms with Crippen LogP contribution < -0.4 is 10.5 Å². The lowest BCUT2D eigenvalue weighted by atomic mass is 9.86. The van der Waals surface area contributed by atoms with E-state index >= 15 is 0 Å². The number of hydrogen-bond donors (Lipinski definition) is 1. The van der Waals surface area contributed by atoms with Crippen LogP contribution in [-0.2, 0) is 5.41 Å². The van der Waals surface area contributed by atoms with Gasteiger partial charge >= 0.3 is 0 Å². The Labute approximate surface area is 127 Å². The first-order valence-corrected chi connectivity index (χ1v) is 7.51. The van der Waals surface area contributed by atoms with Gasteiger partial charge in [0, 0.05) is 12.5 Å². The van der Waals surface area contributed by atoms with E-state index in [0.29, 0.717) is 6.61 Å². The van der Waals surface area contributed by atoms with Gasteiger partial charge in [-0.25, -0.2) is 0 Å². The van der Waals surface area contributed by atoms with E-state index in [-0.39, 0.29) is 11.5 Å². The molecule has 0 aliphatic heterocycles. The zero-order valence-corrected chi connectivity index (χ0v) is 13.2. The van der Waals surface area contributed by atoms with E-state index in [0.717, 1.165) is 12.2 Å². The molecule has 21 heavy (non-hydrogen) atoms. The Bertz CT molecular complexity index is 540. The summed E-state index contributed by atoms with van der Waals surface area (Å²) in [6.45, 7) is 7.28. The smallest absolute Gasteiger partial charge is 0.119 e. The van der Waals surface area contributed by atoms with Gasteiger partial charge in [0.05, 0.1) is 6.61 Å². The van der Waals surface area contributed by atoms with Crippen molar-refractivity contribution in [1.82, 2.24) is 0 Å². The molecule has 112 valence electrons. The third-order valence-corrected chi connectivity index (χ3v) is 3.65. The summed E-state index contributed by atoms with van der Waals surface area (Å²) in [6.07, 6.45) is 0.809. The Balaban J connectivity index is 1.87. The van der Waals surface area contributed by atoms with Crippen molar-refractivity contribution in [1.29, 1.82) is 0 Å². The minimum Gasteiger partial charge on any atom is -0.494 e. The van der Waals surface area contributed by atoms with Gasteiger partial charge in [-0.3, -0.25) is 0 Å². The second-order valence-electron chi connectivity index (χ2n) is 6.43. The van der Waals surface area contributed by atoms with Crippen LogP contribution in [0.3, 0.4) is 0 Å². The molecule has 2 aromatic carbocycles. The maximum atomic E-state index is 6.24. The number of hydrogen-bond acceptors (Lipinski definition) is 2. The summed E-state index contributed by atoms with van der Waals surface area (Å²) in [6, 6.07) is 18.5. The van der Waals surface area contributed by atoms with Gasteiger partial charge in [-0.05, 0) is 28.7 Å². The predicted molar refractivity (Wildman–Crippen MR) is 88.6 cm³/mol. The van der Waals surface area contributed by atoms with E-state index in [4.69, 9.17) is 10.5 Å². The second kappa shape index (κ2) is 6.77. The van der Waals surface area contributed by atoms with Crippen LogP contribution in [0.25, 0.3) is 0 Å². The van der Waals surface area contributed by atoms with Crippen LogP contribution in [0.15, 0.2) is 54.6 Å². The number of para-hydroxylation sites is 1. The molecule has 0 heterocycles. The molecular formula is C19H25NO. The highest BCUT2D eigenvalue weighted by atomic mass is 16.5. The Morgan fingerprint density at radius 2 is 1.57 bits per heavy atom. The molecule has 0 saturated carbocycles. The SMILES string of the molecule is CC(C)(C)c1ccc(C(N)CCOc2ccccc2)cc1. The predicted octanol–water partition coefficient (Wildman–Crippen LogP) is 4.45. The van der Waals surface area contributed by atoms with E-state index in [1.807, 2.05) is 30.3 Å². The van der Waals surface area contributed by atoms with Crippen molar-refractivity contribution < 1.29 is 4.74 Å². The van der Waals surface area contributed by atoms with Crippen LogP contribution >= 0.6 is 0 Å². The summed E-state index contributed by atoms with van der Waals surface area (Å²) in [4.78, 5) is 0. The van der Waals surface area contributed by atoms with Gasteiger partial charge in [0.2, 0.25) is 0 Å². The topological polar surface area (TPSA) is 35.2 Å². The van der Waals surface area contributed by atoms with Crippen LogP contribution in [0.4, 0.5) is 0 Å². The fraction of sp³-hybridized carbons (Fsp3) is 0.368. The van der Waals surface area contributed by atoms with Gasteiger partial charge in [0.1, 0.15) is 5.75 Å². The Morgan fingerprint density at radius 1 is 0.952 bits per heavy atom. The van der Waals surface area contributed by atoms with Gasteiger partial charge in [-0.1, -0.05) is 63.2 Å². The van der Waals surface area contributed by atoms with E-state index in [9.17, 15) is 0 Å². The standard InChI is InChI=1S/C19H25NO/c1-19(2,3)16-11-9-15(10-12-16)18(20)13-14-21-17-7-5-4-6-8-17/h4-12,18H,13-14,20H2,1-3H3. The minimum absolute atomic E-state index is 0.0164. The average Bonchev–Trinajstić information content (AvgIpc) is 2.47. The van der Waals surface area contributed by atoms with E-state index < -0.39 is 0 Å². The van der Waals surface area contributed by atoms with Crippen LogP contribution in [0.2, 0.25) is 0 Å². The molecule has 0 fully saturated rings. The zero-order valence-electron chi connectivity index (χ0n) is 13.2. The molecule has 0 aliphatic rings. The van der Waals surface area contributed by atoms with Crippen molar-refractivity contribution in [3.63, 3.8) is 0 Å². The molecule has 0 amide bonds. The molecule has 2 heteroatoms. The molecule has 0 radical (unpaired) electrons. The molecule has 2 aromatic rings. The highest BCUT2D eigenvalue weighted by Gasteiger charge is 2.14. The molecule has 0 saturated heterocycles. The van der Waals surface area contributed by atoms with E-state index in [2.05, 4.69) is 45.0 Å². The summed E-state index contributed by atoms with van der Waals surface area (Å²) in [5.41, 5.74) is 8.92. The maximum Gasteiger partial charge on any atom is 0.119 e. The maximum absolute atomic E-state index is 6.24. The largest absolute Gasteiger partial charge is 0.494 e. The van der Waals surface area contributed by atoms with Crippen LogP contribution in [-0.4, -0.2) is 6.61 Å². The third-order valence-electron chi connectivity index (χ3n) is 3.65. The summed E-state index contributed by atoms with van der Waals surface area (Å²) >= 11 is 0. The Kier molecular flexibility index (Phi) is 5.03. The zero-order chi connectivity index (χ0) is 15.3. The number of ether oxygens (including phenoxy) is 1. The van der Waals surface area contributed by atoms with Gasteiger partial charge in [0.15, 0.2) is 0 Å². The fourth-order valence-electron chi connectivity index (χ4n) is 2.22. The first-order valence-electron chi connectivity index (χ1n) is 7.51. The van der Waals surface area contributed by atoms with Crippen molar-refractivity contribution in [3.05, 3.63) is 65.7 Å². The molecule has 2 N–H and O–H groups in total. The average molecular weight is 283 g/mol. The number of nitrogens with two attached hydrogens (primary N) is 1. The highest BCUT2D eigenvalue weighted by Crippen LogP contribution is 2.24. The molecule has 0 aromatic heterocycles. The fourth-order valence-corrected chi connectivity index (χ4v) is 2.22. The lowest BCUT2D eigenvalue weighted by molar-refractivity contribution is 0.298. The summed E-state index contributed by atoms with van der Waals surface area (Å²) in [5, 5.41) is 0. The number of benzene rings is 2. The highest BCUT2D eigenvalue weighted by molar-refractivity contribution is 5.29. The summed E-state index contributed by atoms with van der Waals surface area (Å²) < 4.78 is 5.70. The minimum atomic E-state index is 0.0164. The van der Waals surface area contributed by atoms with Crippen LogP contribution in [0.5, 0.6) is 5.75 Å².